The van der Waals surface area contributed by atoms with E-state index in [4.69, 9.17) is 16.7 Å². The number of benzene rings is 1. The minimum atomic E-state index is -3.73. The summed E-state index contributed by atoms with van der Waals surface area (Å²) in [5.74, 6) is 0. The predicted octanol–water partition coefficient (Wildman–Crippen LogP) is 1.26. The van der Waals surface area contributed by atoms with Gasteiger partial charge in [0.1, 0.15) is 0 Å². The van der Waals surface area contributed by atoms with Crippen LogP contribution in [0.5, 0.6) is 0 Å². The first-order chi connectivity index (χ1) is 5.88. The number of aryl methyl sites for hydroxylation is 1. The lowest BCUT2D eigenvalue weighted by atomic mass is 10.2. The van der Waals surface area contributed by atoms with Crippen molar-refractivity contribution in [2.45, 2.75) is 6.92 Å². The van der Waals surface area contributed by atoms with Gasteiger partial charge in [0.25, 0.3) is 10.2 Å². The van der Waals surface area contributed by atoms with E-state index in [0.717, 1.165) is 5.56 Å². The summed E-state index contributed by atoms with van der Waals surface area (Å²) in [6.07, 6.45) is 0. The van der Waals surface area contributed by atoms with Crippen LogP contribution >= 0.6 is 11.6 Å². The first-order valence-corrected chi connectivity index (χ1v) is 5.37. The Kier molecular flexibility index (Phi) is 2.80. The topological polar surface area (TPSA) is 72.2 Å². The molecule has 1 aromatic carbocycles. The summed E-state index contributed by atoms with van der Waals surface area (Å²) in [5.41, 5.74) is 1.16. The SMILES string of the molecule is Cc1ccc(Cl)cc1NS(N)(=O)=O. The molecule has 0 unspecified atom stereocenters. The van der Waals surface area contributed by atoms with E-state index in [1.807, 2.05) is 0 Å². The first-order valence-electron chi connectivity index (χ1n) is 3.45. The minimum Gasteiger partial charge on any atom is -0.271 e. The molecule has 13 heavy (non-hydrogen) atoms. The summed E-state index contributed by atoms with van der Waals surface area (Å²) < 4.78 is 23.5. The van der Waals surface area contributed by atoms with Crippen LogP contribution in [0.4, 0.5) is 5.69 Å². The van der Waals surface area contributed by atoms with Crippen LogP contribution in [0.1, 0.15) is 5.56 Å². The highest BCUT2D eigenvalue weighted by Gasteiger charge is 2.05. The van der Waals surface area contributed by atoms with Crippen LogP contribution in [-0.4, -0.2) is 8.42 Å². The number of halogens is 1. The van der Waals surface area contributed by atoms with Gasteiger partial charge in [-0.15, -0.1) is 0 Å². The van der Waals surface area contributed by atoms with Crippen LogP contribution in [0, 0.1) is 6.92 Å². The Labute approximate surface area is 81.9 Å². The minimum absolute atomic E-state index is 0.398. The van der Waals surface area contributed by atoms with Gasteiger partial charge in [-0.05, 0) is 24.6 Å². The molecule has 0 atom stereocenters. The van der Waals surface area contributed by atoms with Crippen LogP contribution in [-0.2, 0) is 10.2 Å². The second-order valence-electron chi connectivity index (χ2n) is 2.61. The van der Waals surface area contributed by atoms with Crippen molar-refractivity contribution in [3.05, 3.63) is 28.8 Å². The van der Waals surface area contributed by atoms with E-state index in [1.165, 1.54) is 6.07 Å². The van der Waals surface area contributed by atoms with Gasteiger partial charge in [0.05, 0.1) is 5.69 Å². The number of nitrogens with one attached hydrogen (secondary N) is 1. The monoisotopic (exact) mass is 220 g/mol. The van der Waals surface area contributed by atoms with Crippen LogP contribution < -0.4 is 9.86 Å². The molecule has 0 aromatic heterocycles. The molecule has 0 saturated heterocycles. The largest absolute Gasteiger partial charge is 0.296 e. The van der Waals surface area contributed by atoms with E-state index in [2.05, 4.69) is 4.72 Å². The highest BCUT2D eigenvalue weighted by Crippen LogP contribution is 2.20. The Morgan fingerprint density at radius 3 is 2.62 bits per heavy atom. The highest BCUT2D eigenvalue weighted by atomic mass is 35.5. The van der Waals surface area contributed by atoms with E-state index >= 15 is 0 Å². The molecule has 0 heterocycles. The fourth-order valence-electron chi connectivity index (χ4n) is 0.857. The lowest BCUT2D eigenvalue weighted by Gasteiger charge is -2.06. The number of hydrogen-bond acceptors (Lipinski definition) is 2. The van der Waals surface area contributed by atoms with Crippen LogP contribution in [0.3, 0.4) is 0 Å². The lowest BCUT2D eigenvalue weighted by Crippen LogP contribution is -2.22. The molecule has 1 aromatic rings. The van der Waals surface area contributed by atoms with Gasteiger partial charge < -0.3 is 0 Å². The van der Waals surface area contributed by atoms with Gasteiger partial charge in [0.2, 0.25) is 0 Å². The normalized spacial score (nSPS) is 11.3. The fourth-order valence-corrected chi connectivity index (χ4v) is 1.56. The molecule has 0 saturated carbocycles. The third-order valence-electron chi connectivity index (χ3n) is 1.45. The molecule has 72 valence electrons. The Balaban J connectivity index is 3.08. The quantitative estimate of drug-likeness (QED) is 0.788. The summed E-state index contributed by atoms with van der Waals surface area (Å²) in [5, 5.41) is 5.26. The molecular formula is C7H9ClN2O2S. The smallest absolute Gasteiger partial charge is 0.271 e. The maximum Gasteiger partial charge on any atom is 0.296 e. The molecule has 0 aliphatic rings. The summed E-state index contributed by atoms with van der Waals surface area (Å²) in [6.45, 7) is 1.75. The van der Waals surface area contributed by atoms with Crippen LogP contribution in [0.2, 0.25) is 5.02 Å². The van der Waals surface area contributed by atoms with E-state index in [1.54, 1.807) is 19.1 Å². The van der Waals surface area contributed by atoms with Gasteiger partial charge in [-0.25, -0.2) is 5.14 Å². The van der Waals surface area contributed by atoms with Crippen molar-refractivity contribution in [1.82, 2.24) is 0 Å². The van der Waals surface area contributed by atoms with E-state index in [9.17, 15) is 8.42 Å². The standard InChI is InChI=1S/C7H9ClN2O2S/c1-5-2-3-6(8)4-7(5)10-13(9,11)12/h2-4,10H,1H3,(H2,9,11,12). The zero-order valence-corrected chi connectivity index (χ0v) is 8.48. The molecule has 1 rings (SSSR count). The molecule has 3 N–H and O–H groups in total. The summed E-state index contributed by atoms with van der Waals surface area (Å²) >= 11 is 5.67. The van der Waals surface area contributed by atoms with Crippen molar-refractivity contribution in [3.63, 3.8) is 0 Å². The average Bonchev–Trinajstić information content (AvgIpc) is 1.94. The van der Waals surface area contributed by atoms with Gasteiger partial charge >= 0.3 is 0 Å². The number of hydrogen-bond donors (Lipinski definition) is 2. The molecule has 0 fully saturated rings. The van der Waals surface area contributed by atoms with Gasteiger partial charge in [-0.2, -0.15) is 8.42 Å². The van der Waals surface area contributed by atoms with Crippen molar-refractivity contribution < 1.29 is 8.42 Å². The van der Waals surface area contributed by atoms with Crippen molar-refractivity contribution in [2.24, 2.45) is 5.14 Å². The number of nitrogens with two attached hydrogens (primary N) is 1. The second-order valence-corrected chi connectivity index (χ2v) is 4.34. The molecule has 0 aliphatic heterocycles. The predicted molar refractivity (Wildman–Crippen MR) is 52.9 cm³/mol. The van der Waals surface area contributed by atoms with Crippen molar-refractivity contribution in [3.8, 4) is 0 Å². The van der Waals surface area contributed by atoms with Gasteiger partial charge in [0, 0.05) is 5.02 Å². The maximum atomic E-state index is 10.7. The molecule has 0 bridgehead atoms. The summed E-state index contributed by atoms with van der Waals surface area (Å²) in [6, 6.07) is 4.88. The van der Waals surface area contributed by atoms with E-state index < -0.39 is 10.2 Å². The molecule has 0 amide bonds. The van der Waals surface area contributed by atoms with E-state index in [0.29, 0.717) is 10.7 Å². The van der Waals surface area contributed by atoms with Crippen molar-refractivity contribution >= 4 is 27.5 Å². The van der Waals surface area contributed by atoms with Crippen LogP contribution in [0.15, 0.2) is 18.2 Å². The number of rotatable bonds is 2. The molecular weight excluding hydrogens is 212 g/mol. The van der Waals surface area contributed by atoms with Crippen molar-refractivity contribution in [1.29, 1.82) is 0 Å². The second kappa shape index (κ2) is 3.53. The first kappa shape index (κ1) is 10.3. The zero-order chi connectivity index (χ0) is 10.1. The fraction of sp³-hybridized carbons (Fsp3) is 0.143. The van der Waals surface area contributed by atoms with Gasteiger partial charge in [0.15, 0.2) is 0 Å². The number of anilines is 1. The third-order valence-corrected chi connectivity index (χ3v) is 2.19. The lowest BCUT2D eigenvalue weighted by molar-refractivity contribution is 0.603. The molecule has 0 spiro atoms. The van der Waals surface area contributed by atoms with E-state index in [-0.39, 0.29) is 0 Å². The Morgan fingerprint density at radius 1 is 1.46 bits per heavy atom. The molecule has 4 nitrogen and oxygen atoms in total. The van der Waals surface area contributed by atoms with Gasteiger partial charge in [-0.3, -0.25) is 4.72 Å². The summed E-state index contributed by atoms with van der Waals surface area (Å²) in [4.78, 5) is 0. The molecule has 0 aliphatic carbocycles. The molecule has 0 radical (unpaired) electrons. The average molecular weight is 221 g/mol. The molecule has 6 heteroatoms. The Bertz CT molecular complexity index is 417. The zero-order valence-electron chi connectivity index (χ0n) is 6.91. The summed E-state index contributed by atoms with van der Waals surface area (Å²) in [7, 11) is -3.73. The Morgan fingerprint density at radius 2 is 2.08 bits per heavy atom. The Hall–Kier alpha value is -0.780. The van der Waals surface area contributed by atoms with Crippen LogP contribution in [0.25, 0.3) is 0 Å². The third kappa shape index (κ3) is 3.22. The van der Waals surface area contributed by atoms with Crippen molar-refractivity contribution in [2.75, 3.05) is 4.72 Å². The van der Waals surface area contributed by atoms with Gasteiger partial charge in [-0.1, -0.05) is 17.7 Å². The highest BCUT2D eigenvalue weighted by molar-refractivity contribution is 7.90. The maximum absolute atomic E-state index is 10.7.